The molecule has 0 bridgehead atoms. The van der Waals surface area contributed by atoms with E-state index in [-0.39, 0.29) is 13.2 Å². The molecule has 120 valence electrons. The smallest absolute Gasteiger partial charge is 0.345 e. The maximum absolute atomic E-state index is 13.9. The summed E-state index contributed by atoms with van der Waals surface area (Å²) in [5.74, 6) is -6.46. The lowest BCUT2D eigenvalue weighted by Gasteiger charge is -2.09. The lowest BCUT2D eigenvalue weighted by atomic mass is 10.0. The van der Waals surface area contributed by atoms with Gasteiger partial charge >= 0.3 is 5.97 Å². The number of esters is 1. The number of benzene rings is 1. The van der Waals surface area contributed by atoms with Crippen LogP contribution >= 0.6 is 15.9 Å². The molecule has 0 fully saturated rings. The highest BCUT2D eigenvalue weighted by molar-refractivity contribution is 9.10. The van der Waals surface area contributed by atoms with E-state index in [1.54, 1.807) is 6.92 Å². The predicted octanol–water partition coefficient (Wildman–Crippen LogP) is 3.53. The fraction of sp³-hybridized carbons (Fsp3) is 0.286. The van der Waals surface area contributed by atoms with Crippen LogP contribution in [-0.2, 0) is 14.3 Å². The molecule has 0 atom stereocenters. The highest BCUT2D eigenvalue weighted by Crippen LogP contribution is 2.27. The van der Waals surface area contributed by atoms with E-state index in [0.717, 1.165) is 6.26 Å². The Morgan fingerprint density at radius 2 is 1.82 bits per heavy atom. The minimum absolute atomic E-state index is 0.0282. The number of ketones is 1. The number of hydrogen-bond acceptors (Lipinski definition) is 4. The first kappa shape index (κ1) is 18.2. The van der Waals surface area contributed by atoms with Crippen molar-refractivity contribution in [2.24, 2.45) is 0 Å². The monoisotopic (exact) mass is 380 g/mol. The molecule has 0 radical (unpaired) electrons. The molecule has 0 aliphatic heterocycles. The van der Waals surface area contributed by atoms with Crippen LogP contribution in [0.5, 0.6) is 0 Å². The van der Waals surface area contributed by atoms with Gasteiger partial charge in [-0.2, -0.15) is 0 Å². The average Bonchev–Trinajstić information content (AvgIpc) is 2.49. The quantitative estimate of drug-likeness (QED) is 0.111. The van der Waals surface area contributed by atoms with Gasteiger partial charge in [0.2, 0.25) is 5.78 Å². The van der Waals surface area contributed by atoms with Crippen LogP contribution in [0.2, 0.25) is 0 Å². The Morgan fingerprint density at radius 3 is 2.36 bits per heavy atom. The fourth-order valence-corrected chi connectivity index (χ4v) is 1.86. The van der Waals surface area contributed by atoms with E-state index < -0.39 is 44.8 Å². The Labute approximate surface area is 133 Å². The van der Waals surface area contributed by atoms with Gasteiger partial charge in [0, 0.05) is 0 Å². The Hall–Kier alpha value is -1.83. The molecule has 0 spiro atoms. The van der Waals surface area contributed by atoms with Crippen LogP contribution < -0.4 is 0 Å². The molecule has 4 nitrogen and oxygen atoms in total. The van der Waals surface area contributed by atoms with E-state index in [0.29, 0.717) is 6.07 Å². The number of ether oxygens (including phenoxy) is 2. The first-order valence-electron chi connectivity index (χ1n) is 6.21. The minimum atomic E-state index is -1.47. The van der Waals surface area contributed by atoms with E-state index in [1.807, 2.05) is 0 Å². The summed E-state index contributed by atoms with van der Waals surface area (Å²) in [6.07, 6.45) is 0.801. The van der Waals surface area contributed by atoms with E-state index in [9.17, 15) is 22.8 Å². The Balaban J connectivity index is 3.34. The first-order chi connectivity index (χ1) is 10.3. The summed E-state index contributed by atoms with van der Waals surface area (Å²) in [6.45, 7) is 3.22. The van der Waals surface area contributed by atoms with Gasteiger partial charge in [-0.3, -0.25) is 4.79 Å². The molecule has 1 aromatic rings. The second kappa shape index (κ2) is 7.98. The van der Waals surface area contributed by atoms with E-state index in [1.165, 1.54) is 6.92 Å². The zero-order chi connectivity index (χ0) is 16.9. The molecule has 0 unspecified atom stereocenters. The van der Waals surface area contributed by atoms with Crippen LogP contribution in [0, 0.1) is 17.5 Å². The average molecular weight is 381 g/mol. The summed E-state index contributed by atoms with van der Waals surface area (Å²) in [5, 5.41) is 0. The maximum Gasteiger partial charge on any atom is 0.345 e. The lowest BCUT2D eigenvalue weighted by Crippen LogP contribution is -2.18. The molecule has 0 aromatic heterocycles. The molecule has 0 saturated carbocycles. The molecule has 0 amide bonds. The minimum Gasteiger partial charge on any atom is -0.500 e. The molecule has 22 heavy (non-hydrogen) atoms. The van der Waals surface area contributed by atoms with Gasteiger partial charge in [-0.15, -0.1) is 0 Å². The highest BCUT2D eigenvalue weighted by Gasteiger charge is 2.28. The maximum atomic E-state index is 13.9. The third-order valence-corrected chi connectivity index (χ3v) is 3.15. The van der Waals surface area contributed by atoms with Gasteiger partial charge in [0.15, 0.2) is 17.5 Å². The number of Topliss-reactive ketones (excluding diaryl/α,β-unsaturated/α-hetero) is 1. The van der Waals surface area contributed by atoms with Crippen molar-refractivity contribution in [1.29, 1.82) is 0 Å². The summed E-state index contributed by atoms with van der Waals surface area (Å²) < 4.78 is 49.2. The molecule has 0 saturated heterocycles. The van der Waals surface area contributed by atoms with Gasteiger partial charge in [0.25, 0.3) is 0 Å². The van der Waals surface area contributed by atoms with Crippen LogP contribution in [0.15, 0.2) is 22.4 Å². The third-order valence-electron chi connectivity index (χ3n) is 2.46. The molecule has 1 rings (SSSR count). The molecule has 1 aromatic carbocycles. The number of rotatable bonds is 6. The number of carbonyl (C=O) groups is 2. The van der Waals surface area contributed by atoms with Crippen molar-refractivity contribution >= 4 is 27.7 Å². The Kier molecular flexibility index (Phi) is 6.61. The van der Waals surface area contributed by atoms with Crippen molar-refractivity contribution < 1.29 is 32.2 Å². The normalized spacial score (nSPS) is 11.3. The Bertz CT molecular complexity index is 629. The zero-order valence-electron chi connectivity index (χ0n) is 11.7. The second-order valence-electron chi connectivity index (χ2n) is 3.88. The molecule has 0 aliphatic carbocycles. The van der Waals surface area contributed by atoms with Crippen molar-refractivity contribution in [3.05, 3.63) is 45.4 Å². The largest absolute Gasteiger partial charge is 0.500 e. The number of carbonyl (C=O) groups excluding carboxylic acids is 2. The molecule has 0 heterocycles. The Morgan fingerprint density at radius 1 is 1.18 bits per heavy atom. The molecule has 0 aliphatic rings. The third kappa shape index (κ3) is 3.88. The summed E-state index contributed by atoms with van der Waals surface area (Å²) >= 11 is 2.51. The predicted molar refractivity (Wildman–Crippen MR) is 74.7 cm³/mol. The van der Waals surface area contributed by atoms with Gasteiger partial charge in [0.05, 0.1) is 23.2 Å². The highest BCUT2D eigenvalue weighted by atomic mass is 79.9. The van der Waals surface area contributed by atoms with E-state index in [4.69, 9.17) is 4.74 Å². The van der Waals surface area contributed by atoms with Crippen molar-refractivity contribution in [3.63, 3.8) is 0 Å². The summed E-state index contributed by atoms with van der Waals surface area (Å²) in [7, 11) is 0. The molecular weight excluding hydrogens is 369 g/mol. The zero-order valence-corrected chi connectivity index (χ0v) is 13.3. The van der Waals surface area contributed by atoms with Crippen molar-refractivity contribution in [2.45, 2.75) is 13.8 Å². The number of halogens is 4. The SMILES string of the molecule is CCO/C=C(\C(=O)OCC)C(=O)c1cc(F)c(F)c(Br)c1F. The molecule has 0 N–H and O–H groups in total. The molecule has 8 heteroatoms. The summed E-state index contributed by atoms with van der Waals surface area (Å²) in [4.78, 5) is 23.9. The van der Waals surface area contributed by atoms with Crippen molar-refractivity contribution in [3.8, 4) is 0 Å². The molecular formula is C14H12BrF3O4. The van der Waals surface area contributed by atoms with Crippen LogP contribution in [0.1, 0.15) is 24.2 Å². The van der Waals surface area contributed by atoms with Gasteiger partial charge < -0.3 is 9.47 Å². The second-order valence-corrected chi connectivity index (χ2v) is 4.68. The van der Waals surface area contributed by atoms with Crippen LogP contribution in [0.3, 0.4) is 0 Å². The summed E-state index contributed by atoms with van der Waals surface area (Å²) in [5.41, 5.74) is -1.44. The standard InChI is InChI=1S/C14H12BrF3O4/c1-3-21-6-8(14(20)22-4-2)13(19)7-5-9(16)12(18)10(15)11(7)17/h5-6H,3-4H2,1-2H3/b8-6-. The van der Waals surface area contributed by atoms with E-state index >= 15 is 0 Å². The van der Waals surface area contributed by atoms with Gasteiger partial charge in [-0.05, 0) is 35.8 Å². The first-order valence-corrected chi connectivity index (χ1v) is 7.00. The van der Waals surface area contributed by atoms with Crippen LogP contribution in [-0.4, -0.2) is 25.0 Å². The van der Waals surface area contributed by atoms with Crippen LogP contribution in [0.25, 0.3) is 0 Å². The van der Waals surface area contributed by atoms with Gasteiger partial charge in [0.1, 0.15) is 11.8 Å². The van der Waals surface area contributed by atoms with Gasteiger partial charge in [-0.1, -0.05) is 0 Å². The van der Waals surface area contributed by atoms with Crippen LogP contribution in [0.4, 0.5) is 13.2 Å². The van der Waals surface area contributed by atoms with E-state index in [2.05, 4.69) is 20.7 Å². The van der Waals surface area contributed by atoms with Crippen molar-refractivity contribution in [2.75, 3.05) is 13.2 Å². The number of hydrogen-bond donors (Lipinski definition) is 0. The lowest BCUT2D eigenvalue weighted by molar-refractivity contribution is -0.138. The van der Waals surface area contributed by atoms with Crippen molar-refractivity contribution in [1.82, 2.24) is 0 Å². The topological polar surface area (TPSA) is 52.6 Å². The summed E-state index contributed by atoms with van der Waals surface area (Å²) in [6, 6.07) is 0.372. The van der Waals surface area contributed by atoms with Gasteiger partial charge in [-0.25, -0.2) is 18.0 Å². The fourth-order valence-electron chi connectivity index (χ4n) is 1.45.